The van der Waals surface area contributed by atoms with E-state index in [9.17, 15) is 19.4 Å². The Kier molecular flexibility index (Phi) is 31.7. The predicted octanol–water partition coefficient (Wildman–Crippen LogP) is 9.78. The van der Waals surface area contributed by atoms with Crippen molar-refractivity contribution in [2.45, 2.75) is 193 Å². The monoisotopic (exact) mass is 703 g/mol. The number of phosphoric ester groups is 1. The van der Waals surface area contributed by atoms with E-state index >= 15 is 0 Å². The number of carbonyl (C=O) groups excluding carboxylic acids is 1. The molecular weight excluding hydrogens is 623 g/mol. The topological polar surface area (TPSA) is 108 Å². The summed E-state index contributed by atoms with van der Waals surface area (Å²) in [5, 5.41) is 13.7. The molecular formula is C39H79N2O6P. The van der Waals surface area contributed by atoms with Crippen LogP contribution >= 0.6 is 7.82 Å². The van der Waals surface area contributed by atoms with Crippen molar-refractivity contribution in [2.75, 3.05) is 40.9 Å². The van der Waals surface area contributed by atoms with E-state index in [0.717, 1.165) is 38.5 Å². The zero-order valence-corrected chi connectivity index (χ0v) is 33.1. The number of phosphoric acid groups is 1. The number of nitrogens with zero attached hydrogens (tertiary/aromatic N) is 1. The van der Waals surface area contributed by atoms with Crippen LogP contribution in [0.2, 0.25) is 0 Å². The van der Waals surface area contributed by atoms with Gasteiger partial charge in [-0.1, -0.05) is 167 Å². The molecule has 0 heterocycles. The number of hydrogen-bond donors (Lipinski definition) is 2. The second-order valence-corrected chi connectivity index (χ2v) is 16.4. The molecule has 48 heavy (non-hydrogen) atoms. The van der Waals surface area contributed by atoms with E-state index in [0.29, 0.717) is 17.4 Å². The van der Waals surface area contributed by atoms with Crippen LogP contribution in [0.1, 0.15) is 181 Å². The van der Waals surface area contributed by atoms with E-state index in [1.165, 1.54) is 122 Å². The fraction of sp³-hybridized carbons (Fsp3) is 0.923. The van der Waals surface area contributed by atoms with Crippen molar-refractivity contribution >= 4 is 13.7 Å². The maximum Gasteiger partial charge on any atom is 0.268 e. The van der Waals surface area contributed by atoms with E-state index < -0.39 is 20.0 Å². The summed E-state index contributed by atoms with van der Waals surface area (Å²) in [6.07, 6.45) is 34.0. The van der Waals surface area contributed by atoms with Crippen molar-refractivity contribution in [1.29, 1.82) is 0 Å². The summed E-state index contributed by atoms with van der Waals surface area (Å²) in [7, 11) is 1.26. The van der Waals surface area contributed by atoms with Gasteiger partial charge in [0.2, 0.25) is 5.91 Å². The summed E-state index contributed by atoms with van der Waals surface area (Å²) in [5.74, 6) is -0.198. The molecule has 0 aliphatic carbocycles. The highest BCUT2D eigenvalue weighted by molar-refractivity contribution is 7.45. The van der Waals surface area contributed by atoms with Gasteiger partial charge in [-0.3, -0.25) is 9.36 Å². The Morgan fingerprint density at radius 1 is 0.708 bits per heavy atom. The lowest BCUT2D eigenvalue weighted by Gasteiger charge is -2.29. The zero-order valence-electron chi connectivity index (χ0n) is 32.2. The second kappa shape index (κ2) is 32.2. The van der Waals surface area contributed by atoms with E-state index in [-0.39, 0.29) is 19.1 Å². The number of amides is 1. The molecule has 0 aliphatic heterocycles. The minimum absolute atomic E-state index is 0.00150. The van der Waals surface area contributed by atoms with Gasteiger partial charge >= 0.3 is 0 Å². The molecule has 0 aromatic heterocycles. The van der Waals surface area contributed by atoms with Crippen molar-refractivity contribution in [3.63, 3.8) is 0 Å². The first-order chi connectivity index (χ1) is 23.0. The Balaban J connectivity index is 4.36. The van der Waals surface area contributed by atoms with Crippen LogP contribution in [0.25, 0.3) is 0 Å². The number of likely N-dealkylation sites (N-methyl/N-ethyl adjacent to an activating group) is 1. The number of allylic oxidation sites excluding steroid dienone is 1. The van der Waals surface area contributed by atoms with E-state index in [1.54, 1.807) is 6.08 Å². The molecule has 0 saturated carbocycles. The highest BCUT2D eigenvalue weighted by Crippen LogP contribution is 2.38. The third-order valence-corrected chi connectivity index (χ3v) is 9.96. The Hall–Kier alpha value is -0.760. The number of hydrogen-bond acceptors (Lipinski definition) is 6. The van der Waals surface area contributed by atoms with Crippen LogP contribution in [-0.4, -0.2) is 68.5 Å². The molecule has 0 aromatic carbocycles. The van der Waals surface area contributed by atoms with Gasteiger partial charge in [-0.05, 0) is 19.3 Å². The van der Waals surface area contributed by atoms with Gasteiger partial charge in [0.1, 0.15) is 13.2 Å². The van der Waals surface area contributed by atoms with Gasteiger partial charge in [0.15, 0.2) is 0 Å². The summed E-state index contributed by atoms with van der Waals surface area (Å²) in [6.45, 7) is 4.61. The van der Waals surface area contributed by atoms with Gasteiger partial charge in [0.25, 0.3) is 7.82 Å². The van der Waals surface area contributed by atoms with E-state index in [1.807, 2.05) is 27.2 Å². The first kappa shape index (κ1) is 47.2. The number of nitrogens with one attached hydrogen (secondary N) is 1. The number of carbonyl (C=O) groups is 1. The third kappa shape index (κ3) is 33.7. The summed E-state index contributed by atoms with van der Waals surface area (Å²) in [6, 6.07) is -0.877. The highest BCUT2D eigenvalue weighted by atomic mass is 31.2. The van der Waals surface area contributed by atoms with E-state index in [2.05, 4.69) is 19.2 Å². The third-order valence-electron chi connectivity index (χ3n) is 9.00. The Bertz CT molecular complexity index is 804. The number of aliphatic hydroxyl groups is 1. The van der Waals surface area contributed by atoms with Gasteiger partial charge in [0, 0.05) is 6.42 Å². The van der Waals surface area contributed by atoms with Crippen molar-refractivity contribution in [2.24, 2.45) is 0 Å². The SMILES string of the molecule is CCCCCCCCC/C=C/[C@@H](O)[C@H](COP(=O)([O-])OCC[N+](C)(C)C)NC(=O)CCCCCCCCCCCCCCCCCCC. The molecule has 1 unspecified atom stereocenters. The number of aliphatic hydroxyl groups excluding tert-OH is 1. The fourth-order valence-corrected chi connectivity index (χ4v) is 6.46. The summed E-state index contributed by atoms with van der Waals surface area (Å²) in [5.41, 5.74) is 0. The Labute approximate surface area is 297 Å². The first-order valence-corrected chi connectivity index (χ1v) is 21.5. The van der Waals surface area contributed by atoms with Crippen LogP contribution in [0.5, 0.6) is 0 Å². The van der Waals surface area contributed by atoms with Gasteiger partial charge in [-0.15, -0.1) is 0 Å². The van der Waals surface area contributed by atoms with E-state index in [4.69, 9.17) is 9.05 Å². The fourth-order valence-electron chi connectivity index (χ4n) is 5.74. The van der Waals surface area contributed by atoms with Crippen LogP contribution in [0.3, 0.4) is 0 Å². The largest absolute Gasteiger partial charge is 0.756 e. The van der Waals surface area contributed by atoms with Crippen molar-refractivity contribution in [3.05, 3.63) is 12.2 Å². The number of quaternary nitrogens is 1. The lowest BCUT2D eigenvalue weighted by atomic mass is 10.0. The molecule has 0 saturated heterocycles. The average molecular weight is 703 g/mol. The maximum atomic E-state index is 12.8. The van der Waals surface area contributed by atoms with Crippen LogP contribution in [0, 0.1) is 0 Å². The van der Waals surface area contributed by atoms with Crippen molar-refractivity contribution in [1.82, 2.24) is 5.32 Å². The molecule has 0 bridgehead atoms. The summed E-state index contributed by atoms with van der Waals surface area (Å²) >= 11 is 0. The molecule has 9 heteroatoms. The van der Waals surface area contributed by atoms with Crippen LogP contribution in [0.4, 0.5) is 0 Å². The number of rotatable bonds is 36. The second-order valence-electron chi connectivity index (χ2n) is 15.0. The molecule has 0 fully saturated rings. The molecule has 0 rings (SSSR count). The van der Waals surface area contributed by atoms with Gasteiger partial charge in [-0.25, -0.2) is 0 Å². The lowest BCUT2D eigenvalue weighted by molar-refractivity contribution is -0.870. The van der Waals surface area contributed by atoms with Gasteiger partial charge < -0.3 is 28.8 Å². The molecule has 1 amide bonds. The summed E-state index contributed by atoms with van der Waals surface area (Å²) < 4.78 is 23.1. The molecule has 3 atom stereocenters. The number of unbranched alkanes of at least 4 members (excludes halogenated alkanes) is 23. The van der Waals surface area contributed by atoms with Crippen LogP contribution < -0.4 is 10.2 Å². The van der Waals surface area contributed by atoms with Gasteiger partial charge in [0.05, 0.1) is 39.9 Å². The predicted molar refractivity (Wildman–Crippen MR) is 201 cm³/mol. The molecule has 0 aromatic rings. The zero-order chi connectivity index (χ0) is 35.8. The Morgan fingerprint density at radius 2 is 1.12 bits per heavy atom. The molecule has 8 nitrogen and oxygen atoms in total. The molecule has 0 spiro atoms. The smallest absolute Gasteiger partial charge is 0.268 e. The highest BCUT2D eigenvalue weighted by Gasteiger charge is 2.23. The van der Waals surface area contributed by atoms with Gasteiger partial charge in [-0.2, -0.15) is 0 Å². The van der Waals surface area contributed by atoms with Crippen molar-refractivity contribution in [3.8, 4) is 0 Å². The standard InChI is InChI=1S/C39H79N2O6P/c1-6-8-10-12-14-16-17-18-19-20-21-22-23-25-27-29-31-33-39(43)40-37(36-47-48(44,45)46-35-34-41(3,4)5)38(42)32-30-28-26-24-15-13-11-9-7-2/h30,32,37-38,42H,6-29,31,33-36H2,1-5H3,(H-,40,43,44,45)/b32-30+/t37-,38+/m0/s1. The molecule has 0 aliphatic rings. The normalized spacial score (nSPS) is 14.7. The minimum Gasteiger partial charge on any atom is -0.756 e. The summed E-state index contributed by atoms with van der Waals surface area (Å²) in [4.78, 5) is 25.1. The molecule has 2 N–H and O–H groups in total. The molecule has 286 valence electrons. The first-order valence-electron chi connectivity index (χ1n) is 20.1. The minimum atomic E-state index is -4.57. The maximum absolute atomic E-state index is 12.8. The quantitative estimate of drug-likeness (QED) is 0.0291. The molecule has 0 radical (unpaired) electrons. The Morgan fingerprint density at radius 3 is 1.56 bits per heavy atom. The van der Waals surface area contributed by atoms with Crippen LogP contribution in [0.15, 0.2) is 12.2 Å². The average Bonchev–Trinajstić information content (AvgIpc) is 3.02. The van der Waals surface area contributed by atoms with Crippen molar-refractivity contribution < 1.29 is 32.9 Å². The lowest BCUT2D eigenvalue weighted by Crippen LogP contribution is -2.45. The van der Waals surface area contributed by atoms with Crippen LogP contribution in [-0.2, 0) is 18.4 Å².